The van der Waals surface area contributed by atoms with Crippen LogP contribution >= 0.6 is 24.8 Å². The van der Waals surface area contributed by atoms with Crippen molar-refractivity contribution in [2.75, 3.05) is 39.3 Å². The molecule has 0 aromatic rings. The van der Waals surface area contributed by atoms with Crippen LogP contribution in [0.2, 0.25) is 0 Å². The van der Waals surface area contributed by atoms with Crippen molar-refractivity contribution in [3.63, 3.8) is 0 Å². The molecular weight excluding hydrogens is 351 g/mol. The fraction of sp³-hybridized carbons (Fsp3) is 0.875. The summed E-state index contributed by atoms with van der Waals surface area (Å²) in [5.74, 6) is 0.830. The highest BCUT2D eigenvalue weighted by Crippen LogP contribution is 2.32. The first kappa shape index (κ1) is 23.4. The number of rotatable bonds is 5. The second kappa shape index (κ2) is 11.1. The van der Waals surface area contributed by atoms with E-state index in [4.69, 9.17) is 5.73 Å². The molecule has 2 amide bonds. The Balaban J connectivity index is 0.00000264. The Morgan fingerprint density at radius 2 is 1.75 bits per heavy atom. The molecule has 0 unspecified atom stereocenters. The van der Waals surface area contributed by atoms with Crippen LogP contribution in [0.15, 0.2) is 0 Å². The molecule has 8 heteroatoms. The summed E-state index contributed by atoms with van der Waals surface area (Å²) in [6, 6.07) is 0.172. The number of halogens is 2. The Kier molecular flexibility index (Phi) is 10.9. The molecule has 1 saturated heterocycles. The Morgan fingerprint density at radius 3 is 2.29 bits per heavy atom. The second-order valence-electron chi connectivity index (χ2n) is 6.86. The summed E-state index contributed by atoms with van der Waals surface area (Å²) in [5.41, 5.74) is 5.78. The third-order valence-electron chi connectivity index (χ3n) is 4.78. The predicted octanol–water partition coefficient (Wildman–Crippen LogP) is 0.874. The number of nitrogens with two attached hydrogens (primary N) is 1. The van der Waals surface area contributed by atoms with E-state index in [0.29, 0.717) is 19.0 Å². The quantitative estimate of drug-likeness (QED) is 0.739. The maximum Gasteiger partial charge on any atom is 0.234 e. The first-order chi connectivity index (χ1) is 10.5. The van der Waals surface area contributed by atoms with Gasteiger partial charge in [0.25, 0.3) is 0 Å². The van der Waals surface area contributed by atoms with Crippen LogP contribution in [-0.2, 0) is 9.59 Å². The summed E-state index contributed by atoms with van der Waals surface area (Å²) >= 11 is 0. The molecule has 0 aromatic carbocycles. The van der Waals surface area contributed by atoms with Gasteiger partial charge in [0.15, 0.2) is 0 Å². The second-order valence-corrected chi connectivity index (χ2v) is 6.86. The molecule has 1 aliphatic carbocycles. The summed E-state index contributed by atoms with van der Waals surface area (Å²) in [4.78, 5) is 28.5. The zero-order chi connectivity index (χ0) is 16.1. The Bertz CT molecular complexity index is 402. The molecule has 2 atom stereocenters. The normalized spacial score (nSPS) is 24.2. The van der Waals surface area contributed by atoms with Crippen LogP contribution in [0, 0.1) is 11.8 Å². The summed E-state index contributed by atoms with van der Waals surface area (Å²) in [5, 5.41) is 2.91. The van der Waals surface area contributed by atoms with Crippen molar-refractivity contribution in [1.82, 2.24) is 15.1 Å². The minimum Gasteiger partial charge on any atom is -0.353 e. The molecule has 1 aliphatic heterocycles. The van der Waals surface area contributed by atoms with Crippen LogP contribution in [0.25, 0.3) is 0 Å². The zero-order valence-corrected chi connectivity index (χ0v) is 16.3. The third kappa shape index (κ3) is 6.39. The lowest BCUT2D eigenvalue weighted by Gasteiger charge is -2.36. The van der Waals surface area contributed by atoms with Gasteiger partial charge in [-0.1, -0.05) is 6.42 Å². The number of carbonyl (C=O) groups excluding carboxylic acids is 2. The van der Waals surface area contributed by atoms with E-state index in [1.54, 1.807) is 0 Å². The average molecular weight is 383 g/mol. The molecule has 2 rings (SSSR count). The highest BCUT2D eigenvalue weighted by atomic mass is 35.5. The maximum absolute atomic E-state index is 12.6. The van der Waals surface area contributed by atoms with Gasteiger partial charge in [0, 0.05) is 38.1 Å². The fourth-order valence-corrected chi connectivity index (χ4v) is 3.58. The monoisotopic (exact) mass is 382 g/mol. The van der Waals surface area contributed by atoms with E-state index in [0.717, 1.165) is 45.4 Å². The van der Waals surface area contributed by atoms with E-state index in [1.807, 2.05) is 18.7 Å². The van der Waals surface area contributed by atoms with Crippen LogP contribution in [0.3, 0.4) is 0 Å². The minimum absolute atomic E-state index is 0. The number of hydrogen-bond acceptors (Lipinski definition) is 4. The van der Waals surface area contributed by atoms with E-state index < -0.39 is 0 Å². The Labute approximate surface area is 157 Å². The van der Waals surface area contributed by atoms with Gasteiger partial charge in [-0.25, -0.2) is 0 Å². The van der Waals surface area contributed by atoms with Crippen LogP contribution in [0.5, 0.6) is 0 Å². The molecule has 1 saturated carbocycles. The molecule has 2 aliphatic rings. The fourth-order valence-electron chi connectivity index (χ4n) is 3.58. The molecule has 0 bridgehead atoms. The van der Waals surface area contributed by atoms with E-state index in [-0.39, 0.29) is 48.6 Å². The van der Waals surface area contributed by atoms with Gasteiger partial charge in [-0.05, 0) is 39.2 Å². The lowest BCUT2D eigenvalue weighted by atomic mass is 9.94. The predicted molar refractivity (Wildman–Crippen MR) is 101 cm³/mol. The van der Waals surface area contributed by atoms with Gasteiger partial charge in [0.2, 0.25) is 11.8 Å². The van der Waals surface area contributed by atoms with E-state index in [2.05, 4.69) is 10.2 Å². The first-order valence-electron chi connectivity index (χ1n) is 8.51. The zero-order valence-electron chi connectivity index (χ0n) is 14.7. The van der Waals surface area contributed by atoms with Crippen molar-refractivity contribution in [3.05, 3.63) is 0 Å². The van der Waals surface area contributed by atoms with Crippen molar-refractivity contribution in [2.45, 2.75) is 39.2 Å². The van der Waals surface area contributed by atoms with Gasteiger partial charge in [0.1, 0.15) is 0 Å². The number of amides is 2. The van der Waals surface area contributed by atoms with E-state index >= 15 is 0 Å². The average Bonchev–Trinajstić information content (AvgIpc) is 2.94. The largest absolute Gasteiger partial charge is 0.353 e. The van der Waals surface area contributed by atoms with Crippen LogP contribution in [0.4, 0.5) is 0 Å². The molecule has 0 aromatic heterocycles. The summed E-state index contributed by atoms with van der Waals surface area (Å²) in [7, 11) is 0. The number of nitrogens with zero attached hydrogens (tertiary/aromatic N) is 2. The molecule has 24 heavy (non-hydrogen) atoms. The molecule has 0 spiro atoms. The smallest absolute Gasteiger partial charge is 0.234 e. The molecule has 2 fully saturated rings. The highest BCUT2D eigenvalue weighted by Gasteiger charge is 2.35. The Morgan fingerprint density at radius 1 is 1.12 bits per heavy atom. The third-order valence-corrected chi connectivity index (χ3v) is 4.78. The number of nitrogens with one attached hydrogen (secondary N) is 1. The van der Waals surface area contributed by atoms with Gasteiger partial charge >= 0.3 is 0 Å². The van der Waals surface area contributed by atoms with Crippen molar-refractivity contribution in [2.24, 2.45) is 17.6 Å². The lowest BCUT2D eigenvalue weighted by Crippen LogP contribution is -2.53. The van der Waals surface area contributed by atoms with E-state index in [9.17, 15) is 9.59 Å². The SMILES string of the molecule is CC(C)NC(=O)CN1CCN(C(=O)[C@@H]2CCC[C@@H]2CN)CC1.Cl.Cl. The van der Waals surface area contributed by atoms with Gasteiger partial charge in [0.05, 0.1) is 6.54 Å². The lowest BCUT2D eigenvalue weighted by molar-refractivity contribution is -0.138. The van der Waals surface area contributed by atoms with Crippen LogP contribution in [-0.4, -0.2) is 66.9 Å². The standard InChI is InChI=1S/C16H30N4O2.2ClH/c1-12(2)18-15(21)11-19-6-8-20(9-7-19)16(22)14-5-3-4-13(14)10-17;;/h12-14H,3-11,17H2,1-2H3,(H,18,21);2*1H/t13-,14-;;/m1../s1. The van der Waals surface area contributed by atoms with Gasteiger partial charge < -0.3 is 16.0 Å². The highest BCUT2D eigenvalue weighted by molar-refractivity contribution is 5.85. The summed E-state index contributed by atoms with van der Waals surface area (Å²) in [6.07, 6.45) is 3.19. The molecule has 0 radical (unpaired) electrons. The molecule has 3 N–H and O–H groups in total. The van der Waals surface area contributed by atoms with Crippen LogP contribution < -0.4 is 11.1 Å². The Hall–Kier alpha value is -0.560. The number of piperazine rings is 1. The molecule has 1 heterocycles. The van der Waals surface area contributed by atoms with Gasteiger partial charge in [-0.3, -0.25) is 14.5 Å². The van der Waals surface area contributed by atoms with Crippen molar-refractivity contribution < 1.29 is 9.59 Å². The minimum atomic E-state index is 0. The van der Waals surface area contributed by atoms with Crippen LogP contribution in [0.1, 0.15) is 33.1 Å². The molecule has 142 valence electrons. The van der Waals surface area contributed by atoms with Gasteiger partial charge in [-0.15, -0.1) is 24.8 Å². The van der Waals surface area contributed by atoms with E-state index in [1.165, 1.54) is 0 Å². The first-order valence-corrected chi connectivity index (χ1v) is 8.51. The molecule has 6 nitrogen and oxygen atoms in total. The molecular formula is C16H32Cl2N4O2. The number of hydrogen-bond donors (Lipinski definition) is 2. The van der Waals surface area contributed by atoms with Crippen molar-refractivity contribution in [1.29, 1.82) is 0 Å². The van der Waals surface area contributed by atoms with Gasteiger partial charge in [-0.2, -0.15) is 0 Å². The summed E-state index contributed by atoms with van der Waals surface area (Å²) < 4.78 is 0. The number of carbonyl (C=O) groups is 2. The summed E-state index contributed by atoms with van der Waals surface area (Å²) in [6.45, 7) is 7.96. The topological polar surface area (TPSA) is 78.7 Å². The van der Waals surface area contributed by atoms with Crippen molar-refractivity contribution in [3.8, 4) is 0 Å². The van der Waals surface area contributed by atoms with Crippen molar-refractivity contribution >= 4 is 36.6 Å². The maximum atomic E-state index is 12.6.